The quantitative estimate of drug-likeness (QED) is 0.574. The highest BCUT2D eigenvalue weighted by Crippen LogP contribution is 2.12. The zero-order chi connectivity index (χ0) is 8.55. The van der Waals surface area contributed by atoms with Crippen molar-refractivity contribution >= 4 is 5.52 Å². The third kappa shape index (κ3) is 0.876. The van der Waals surface area contributed by atoms with Gasteiger partial charge in [-0.2, -0.15) is 5.26 Å². The summed E-state index contributed by atoms with van der Waals surface area (Å²) in [6.07, 6.45) is 3.96. The molecule has 0 unspecified atom stereocenters. The maximum atomic E-state index is 8.78. The first-order chi connectivity index (χ1) is 5.81. The monoisotopic (exact) mass is 156 g/mol. The van der Waals surface area contributed by atoms with E-state index in [1.807, 2.05) is 41.9 Å². The van der Waals surface area contributed by atoms with Crippen LogP contribution < -0.4 is 0 Å². The van der Waals surface area contributed by atoms with Crippen LogP contribution in [0, 0.1) is 18.3 Å². The van der Waals surface area contributed by atoms with E-state index in [0.29, 0.717) is 0 Å². The molecule has 0 saturated heterocycles. The predicted molar refractivity (Wildman–Crippen MR) is 46.8 cm³/mol. The summed E-state index contributed by atoms with van der Waals surface area (Å²) in [4.78, 5) is 0. The average molecular weight is 156 g/mol. The Bertz CT molecular complexity index is 460. The molecule has 2 aromatic rings. The highest BCUT2D eigenvalue weighted by atomic mass is 14.9. The van der Waals surface area contributed by atoms with Gasteiger partial charge in [0.05, 0.1) is 11.1 Å². The van der Waals surface area contributed by atoms with Gasteiger partial charge in [0.25, 0.3) is 0 Å². The molecular formula is C10H8N2. The first-order valence-electron chi connectivity index (χ1n) is 3.78. The van der Waals surface area contributed by atoms with E-state index in [1.54, 1.807) is 0 Å². The minimum atomic E-state index is 0.727. The first-order valence-corrected chi connectivity index (χ1v) is 3.78. The minimum absolute atomic E-state index is 0.727. The van der Waals surface area contributed by atoms with Crippen molar-refractivity contribution in [1.29, 1.82) is 5.26 Å². The van der Waals surface area contributed by atoms with E-state index < -0.39 is 0 Å². The Morgan fingerprint density at radius 1 is 1.50 bits per heavy atom. The van der Waals surface area contributed by atoms with E-state index in [4.69, 9.17) is 5.26 Å². The molecule has 0 saturated carbocycles. The maximum Gasteiger partial charge on any atom is 0.101 e. The lowest BCUT2D eigenvalue weighted by atomic mass is 10.2. The van der Waals surface area contributed by atoms with Gasteiger partial charge in [-0.1, -0.05) is 0 Å². The molecule has 0 aliphatic rings. The number of nitrogens with zero attached hydrogens (tertiary/aromatic N) is 2. The number of aryl methyl sites for hydroxylation is 1. The smallest absolute Gasteiger partial charge is 0.101 e. The summed E-state index contributed by atoms with van der Waals surface area (Å²) in [5.74, 6) is 0. The molecule has 2 rings (SSSR count). The largest absolute Gasteiger partial charge is 0.322 e. The van der Waals surface area contributed by atoms with Gasteiger partial charge in [-0.05, 0) is 30.7 Å². The summed E-state index contributed by atoms with van der Waals surface area (Å²) in [5, 5.41) is 8.78. The van der Waals surface area contributed by atoms with Gasteiger partial charge in [0.15, 0.2) is 0 Å². The van der Waals surface area contributed by atoms with Crippen LogP contribution in [-0.4, -0.2) is 4.40 Å². The number of fused-ring (bicyclic) bond motifs is 1. The highest BCUT2D eigenvalue weighted by molar-refractivity contribution is 5.62. The molecule has 0 fully saturated rings. The summed E-state index contributed by atoms with van der Waals surface area (Å²) >= 11 is 0. The molecule has 0 aliphatic carbocycles. The normalized spacial score (nSPS) is 10.0. The van der Waals surface area contributed by atoms with Gasteiger partial charge in [0, 0.05) is 12.4 Å². The Morgan fingerprint density at radius 2 is 2.33 bits per heavy atom. The fourth-order valence-electron chi connectivity index (χ4n) is 1.37. The second kappa shape index (κ2) is 2.38. The lowest BCUT2D eigenvalue weighted by Crippen LogP contribution is -1.83. The van der Waals surface area contributed by atoms with E-state index in [1.165, 1.54) is 5.56 Å². The Morgan fingerprint density at radius 3 is 3.08 bits per heavy atom. The number of pyridine rings is 1. The molecule has 0 aliphatic heterocycles. The van der Waals surface area contributed by atoms with Crippen LogP contribution in [0.3, 0.4) is 0 Å². The fourth-order valence-corrected chi connectivity index (χ4v) is 1.37. The first kappa shape index (κ1) is 6.93. The van der Waals surface area contributed by atoms with Crippen LogP contribution in [0.15, 0.2) is 30.6 Å². The molecular weight excluding hydrogens is 148 g/mol. The fraction of sp³-hybridized carbons (Fsp3) is 0.100. The maximum absolute atomic E-state index is 8.78. The standard InChI is InChI=1S/C10H8N2/c1-8-5-10-9(6-11)3-2-4-12(10)7-8/h2-5,7H,1H3. The summed E-state index contributed by atoms with van der Waals surface area (Å²) in [7, 11) is 0. The van der Waals surface area contributed by atoms with Crippen LogP contribution in [0.5, 0.6) is 0 Å². The summed E-state index contributed by atoms with van der Waals surface area (Å²) in [6.45, 7) is 2.02. The predicted octanol–water partition coefficient (Wildman–Crippen LogP) is 2.12. The SMILES string of the molecule is Cc1cc2c(C#N)cccn2c1. The summed E-state index contributed by atoms with van der Waals surface area (Å²) in [6, 6.07) is 7.88. The van der Waals surface area contributed by atoms with E-state index in [0.717, 1.165) is 11.1 Å². The minimum Gasteiger partial charge on any atom is -0.322 e. The molecule has 2 nitrogen and oxygen atoms in total. The Balaban J connectivity index is 2.89. The van der Waals surface area contributed by atoms with Gasteiger partial charge in [-0.3, -0.25) is 0 Å². The molecule has 0 amide bonds. The van der Waals surface area contributed by atoms with Crippen molar-refractivity contribution in [2.45, 2.75) is 6.92 Å². The Hall–Kier alpha value is -1.75. The summed E-state index contributed by atoms with van der Waals surface area (Å²) < 4.78 is 1.97. The molecule has 2 heterocycles. The zero-order valence-electron chi connectivity index (χ0n) is 6.78. The number of hydrogen-bond donors (Lipinski definition) is 0. The third-order valence-electron chi connectivity index (χ3n) is 1.89. The molecule has 0 atom stereocenters. The second-order valence-electron chi connectivity index (χ2n) is 2.84. The molecule has 0 radical (unpaired) electrons. The van der Waals surface area contributed by atoms with Crippen LogP contribution in [0.1, 0.15) is 11.1 Å². The van der Waals surface area contributed by atoms with Crippen LogP contribution in [0.2, 0.25) is 0 Å². The van der Waals surface area contributed by atoms with E-state index in [-0.39, 0.29) is 0 Å². The van der Waals surface area contributed by atoms with Crippen molar-refractivity contribution in [3.63, 3.8) is 0 Å². The van der Waals surface area contributed by atoms with E-state index in [2.05, 4.69) is 6.07 Å². The average Bonchev–Trinajstić information content (AvgIpc) is 2.44. The third-order valence-corrected chi connectivity index (χ3v) is 1.89. The Labute approximate surface area is 70.7 Å². The van der Waals surface area contributed by atoms with Crippen LogP contribution in [0.4, 0.5) is 0 Å². The van der Waals surface area contributed by atoms with Crippen molar-refractivity contribution < 1.29 is 0 Å². The number of rotatable bonds is 0. The van der Waals surface area contributed by atoms with Gasteiger partial charge < -0.3 is 4.40 Å². The molecule has 0 N–H and O–H groups in total. The zero-order valence-corrected chi connectivity index (χ0v) is 6.78. The van der Waals surface area contributed by atoms with Gasteiger partial charge in [-0.25, -0.2) is 0 Å². The number of nitriles is 1. The molecule has 0 aromatic carbocycles. The van der Waals surface area contributed by atoms with Crippen LogP contribution >= 0.6 is 0 Å². The second-order valence-corrected chi connectivity index (χ2v) is 2.84. The van der Waals surface area contributed by atoms with Gasteiger partial charge in [0.1, 0.15) is 6.07 Å². The van der Waals surface area contributed by atoms with Crippen molar-refractivity contribution in [3.05, 3.63) is 41.7 Å². The van der Waals surface area contributed by atoms with Crippen molar-refractivity contribution in [2.75, 3.05) is 0 Å². The van der Waals surface area contributed by atoms with Gasteiger partial charge in [0.2, 0.25) is 0 Å². The van der Waals surface area contributed by atoms with Gasteiger partial charge in [-0.15, -0.1) is 0 Å². The molecule has 2 aromatic heterocycles. The number of aromatic nitrogens is 1. The molecule has 0 spiro atoms. The van der Waals surface area contributed by atoms with Crippen LogP contribution in [0.25, 0.3) is 5.52 Å². The van der Waals surface area contributed by atoms with Crippen molar-refractivity contribution in [2.24, 2.45) is 0 Å². The lowest BCUT2D eigenvalue weighted by Gasteiger charge is -1.93. The molecule has 2 heteroatoms. The van der Waals surface area contributed by atoms with Gasteiger partial charge >= 0.3 is 0 Å². The topological polar surface area (TPSA) is 28.2 Å². The molecule has 12 heavy (non-hydrogen) atoms. The highest BCUT2D eigenvalue weighted by Gasteiger charge is 1.99. The Kier molecular flexibility index (Phi) is 1.38. The van der Waals surface area contributed by atoms with Crippen LogP contribution in [-0.2, 0) is 0 Å². The van der Waals surface area contributed by atoms with E-state index in [9.17, 15) is 0 Å². The lowest BCUT2D eigenvalue weighted by molar-refractivity contribution is 1.18. The summed E-state index contributed by atoms with van der Waals surface area (Å²) in [5.41, 5.74) is 2.89. The number of hydrogen-bond acceptors (Lipinski definition) is 1. The van der Waals surface area contributed by atoms with Crippen molar-refractivity contribution in [3.8, 4) is 6.07 Å². The molecule has 58 valence electrons. The molecule has 0 bridgehead atoms. The van der Waals surface area contributed by atoms with E-state index >= 15 is 0 Å². The van der Waals surface area contributed by atoms with Crippen molar-refractivity contribution in [1.82, 2.24) is 4.40 Å².